The number of aromatic amines is 1. The summed E-state index contributed by atoms with van der Waals surface area (Å²) in [5, 5.41) is 13.7. The number of nitrogens with one attached hydrogen (secondary N) is 2. The molecule has 0 spiro atoms. The maximum Gasteiger partial charge on any atom is 0.151 e. The van der Waals surface area contributed by atoms with Gasteiger partial charge in [0.15, 0.2) is 5.15 Å². The van der Waals surface area contributed by atoms with E-state index in [0.717, 1.165) is 37.2 Å². The van der Waals surface area contributed by atoms with Crippen LogP contribution in [0.4, 0.5) is 0 Å². The molecule has 0 saturated heterocycles. The number of rotatable bonds is 6. The molecule has 1 heterocycles. The fraction of sp³-hybridized carbons (Fsp3) is 0.786. The molecular formula is C14H24ClN3O. The molecule has 5 heteroatoms. The third-order valence-corrected chi connectivity index (χ3v) is 4.60. The van der Waals surface area contributed by atoms with Crippen molar-refractivity contribution in [2.75, 3.05) is 0 Å². The molecule has 4 nitrogen and oxygen atoms in total. The van der Waals surface area contributed by atoms with Crippen LogP contribution >= 0.6 is 11.6 Å². The Balaban J connectivity index is 1.88. The zero-order valence-electron chi connectivity index (χ0n) is 12.0. The van der Waals surface area contributed by atoms with Crippen molar-refractivity contribution in [3.05, 3.63) is 16.7 Å². The van der Waals surface area contributed by atoms with Crippen LogP contribution in [0.2, 0.25) is 5.15 Å². The standard InChI is InChI=1S/C14H24ClN3O/c1-4-5-6-12-17-9(13(15)18-12)8-16-10-7-11(19)14(10,2)3/h10-11,16,19H,4-8H2,1-3H3,(H,17,18). The Bertz CT molecular complexity index is 430. The number of nitrogens with zero attached hydrogens (tertiary/aromatic N) is 1. The lowest BCUT2D eigenvalue weighted by atomic mass is 9.64. The number of halogens is 1. The molecule has 3 N–H and O–H groups in total. The van der Waals surface area contributed by atoms with E-state index in [0.29, 0.717) is 17.7 Å². The van der Waals surface area contributed by atoms with E-state index < -0.39 is 0 Å². The Morgan fingerprint density at radius 3 is 2.84 bits per heavy atom. The highest BCUT2D eigenvalue weighted by molar-refractivity contribution is 6.30. The molecule has 2 rings (SSSR count). The summed E-state index contributed by atoms with van der Waals surface area (Å²) in [6.45, 7) is 7.01. The second kappa shape index (κ2) is 5.81. The first kappa shape index (κ1) is 14.8. The molecule has 1 fully saturated rings. The second-order valence-corrected chi connectivity index (χ2v) is 6.42. The summed E-state index contributed by atoms with van der Waals surface area (Å²) in [7, 11) is 0. The van der Waals surface area contributed by atoms with Crippen LogP contribution in [0.3, 0.4) is 0 Å². The molecule has 2 unspecified atom stereocenters. The molecule has 1 aromatic heterocycles. The van der Waals surface area contributed by atoms with Crippen molar-refractivity contribution >= 4 is 11.6 Å². The number of H-pyrrole nitrogens is 1. The van der Waals surface area contributed by atoms with Gasteiger partial charge in [0.25, 0.3) is 0 Å². The Labute approximate surface area is 120 Å². The monoisotopic (exact) mass is 285 g/mol. The van der Waals surface area contributed by atoms with Crippen LogP contribution in [-0.2, 0) is 13.0 Å². The van der Waals surface area contributed by atoms with Gasteiger partial charge in [-0.3, -0.25) is 0 Å². The van der Waals surface area contributed by atoms with Gasteiger partial charge in [0.05, 0.1) is 11.8 Å². The molecule has 0 radical (unpaired) electrons. The molecule has 2 atom stereocenters. The smallest absolute Gasteiger partial charge is 0.151 e. The van der Waals surface area contributed by atoms with Crippen LogP contribution in [0.5, 0.6) is 0 Å². The van der Waals surface area contributed by atoms with Crippen molar-refractivity contribution in [1.29, 1.82) is 0 Å². The molecule has 0 aromatic carbocycles. The maximum absolute atomic E-state index is 9.71. The van der Waals surface area contributed by atoms with Crippen molar-refractivity contribution in [2.45, 2.75) is 65.1 Å². The predicted molar refractivity (Wildman–Crippen MR) is 77.2 cm³/mol. The Hall–Kier alpha value is -0.580. The molecule has 0 amide bonds. The molecule has 108 valence electrons. The van der Waals surface area contributed by atoms with E-state index in [1.807, 2.05) is 0 Å². The average molecular weight is 286 g/mol. The molecular weight excluding hydrogens is 262 g/mol. The number of hydrogen-bond donors (Lipinski definition) is 3. The Kier molecular flexibility index (Phi) is 4.54. The van der Waals surface area contributed by atoms with E-state index in [-0.39, 0.29) is 11.5 Å². The lowest BCUT2D eigenvalue weighted by Gasteiger charge is -2.49. The number of hydrogen-bond acceptors (Lipinski definition) is 3. The molecule has 1 aliphatic carbocycles. The fourth-order valence-electron chi connectivity index (χ4n) is 2.49. The first-order valence-corrected chi connectivity index (χ1v) is 7.47. The van der Waals surface area contributed by atoms with Crippen LogP contribution in [0.15, 0.2) is 0 Å². The lowest BCUT2D eigenvalue weighted by Crippen LogP contribution is -2.59. The van der Waals surface area contributed by atoms with Crippen molar-refractivity contribution in [1.82, 2.24) is 15.3 Å². The zero-order chi connectivity index (χ0) is 14.0. The minimum Gasteiger partial charge on any atom is -0.392 e. The molecule has 1 saturated carbocycles. The minimum atomic E-state index is -0.206. The number of imidazole rings is 1. The topological polar surface area (TPSA) is 60.9 Å². The average Bonchev–Trinajstić information content (AvgIpc) is 2.72. The summed E-state index contributed by atoms with van der Waals surface area (Å²) in [6, 6.07) is 0.334. The van der Waals surface area contributed by atoms with Crippen molar-refractivity contribution in [2.24, 2.45) is 5.41 Å². The van der Waals surface area contributed by atoms with Gasteiger partial charge in [-0.2, -0.15) is 0 Å². The number of aliphatic hydroxyl groups is 1. The number of aryl methyl sites for hydroxylation is 1. The van der Waals surface area contributed by atoms with Gasteiger partial charge in [0.2, 0.25) is 0 Å². The summed E-state index contributed by atoms with van der Waals surface area (Å²) in [6.07, 6.45) is 3.83. The van der Waals surface area contributed by atoms with Crippen LogP contribution in [0.25, 0.3) is 0 Å². The van der Waals surface area contributed by atoms with Gasteiger partial charge in [-0.25, -0.2) is 4.98 Å². The number of aliphatic hydroxyl groups excluding tert-OH is 1. The Morgan fingerprint density at radius 1 is 1.53 bits per heavy atom. The van der Waals surface area contributed by atoms with Gasteiger partial charge in [-0.05, 0) is 12.8 Å². The summed E-state index contributed by atoms with van der Waals surface area (Å²) in [5.74, 6) is 0.969. The SMILES string of the molecule is CCCCc1nc(Cl)c(CNC2CC(O)C2(C)C)[nH]1. The summed E-state index contributed by atoms with van der Waals surface area (Å²) < 4.78 is 0. The van der Waals surface area contributed by atoms with Gasteiger partial charge >= 0.3 is 0 Å². The number of aromatic nitrogens is 2. The van der Waals surface area contributed by atoms with Crippen molar-refractivity contribution in [3.63, 3.8) is 0 Å². The van der Waals surface area contributed by atoms with Gasteiger partial charge in [0.1, 0.15) is 5.82 Å². The van der Waals surface area contributed by atoms with Gasteiger partial charge < -0.3 is 15.4 Å². The van der Waals surface area contributed by atoms with Crippen LogP contribution in [-0.4, -0.2) is 27.2 Å². The van der Waals surface area contributed by atoms with E-state index >= 15 is 0 Å². The third kappa shape index (κ3) is 3.12. The zero-order valence-corrected chi connectivity index (χ0v) is 12.7. The number of unbranched alkanes of at least 4 members (excludes halogenated alkanes) is 1. The van der Waals surface area contributed by atoms with Crippen LogP contribution in [0, 0.1) is 5.41 Å². The maximum atomic E-state index is 9.71. The Morgan fingerprint density at radius 2 is 2.26 bits per heavy atom. The summed E-state index contributed by atoms with van der Waals surface area (Å²) in [5.41, 5.74) is 0.891. The summed E-state index contributed by atoms with van der Waals surface area (Å²) in [4.78, 5) is 7.63. The van der Waals surface area contributed by atoms with E-state index in [1.54, 1.807) is 0 Å². The highest BCUT2D eigenvalue weighted by Gasteiger charge is 2.46. The lowest BCUT2D eigenvalue weighted by molar-refractivity contribution is -0.0730. The van der Waals surface area contributed by atoms with E-state index in [2.05, 4.69) is 36.1 Å². The molecule has 19 heavy (non-hydrogen) atoms. The van der Waals surface area contributed by atoms with Gasteiger partial charge in [0, 0.05) is 24.4 Å². The summed E-state index contributed by atoms with van der Waals surface area (Å²) >= 11 is 6.14. The van der Waals surface area contributed by atoms with Crippen LogP contribution in [0.1, 0.15) is 51.6 Å². The van der Waals surface area contributed by atoms with Gasteiger partial charge in [-0.1, -0.05) is 38.8 Å². The van der Waals surface area contributed by atoms with Gasteiger partial charge in [-0.15, -0.1) is 0 Å². The highest BCUT2D eigenvalue weighted by atomic mass is 35.5. The molecule has 0 aliphatic heterocycles. The van der Waals surface area contributed by atoms with Crippen molar-refractivity contribution in [3.8, 4) is 0 Å². The molecule has 0 bridgehead atoms. The highest BCUT2D eigenvalue weighted by Crippen LogP contribution is 2.40. The van der Waals surface area contributed by atoms with E-state index in [1.165, 1.54) is 0 Å². The first-order chi connectivity index (χ1) is 8.95. The predicted octanol–water partition coefficient (Wildman–Crippen LogP) is 2.65. The largest absolute Gasteiger partial charge is 0.392 e. The minimum absolute atomic E-state index is 0.0580. The molecule has 1 aromatic rings. The van der Waals surface area contributed by atoms with Crippen LogP contribution < -0.4 is 5.32 Å². The first-order valence-electron chi connectivity index (χ1n) is 7.09. The second-order valence-electron chi connectivity index (χ2n) is 6.06. The van der Waals surface area contributed by atoms with E-state index in [4.69, 9.17) is 11.6 Å². The van der Waals surface area contributed by atoms with Crippen molar-refractivity contribution < 1.29 is 5.11 Å². The quantitative estimate of drug-likeness (QED) is 0.753. The van der Waals surface area contributed by atoms with E-state index in [9.17, 15) is 5.11 Å². The third-order valence-electron chi connectivity index (χ3n) is 4.29. The normalized spacial score (nSPS) is 25.3. The fourth-order valence-corrected chi connectivity index (χ4v) is 2.71. The molecule has 1 aliphatic rings.